The van der Waals surface area contributed by atoms with Crippen LogP contribution in [0.3, 0.4) is 0 Å². The number of aromatic nitrogens is 2. The largest absolute Gasteiger partial charge is 0.397 e. The van der Waals surface area contributed by atoms with Gasteiger partial charge >= 0.3 is 0 Å². The minimum atomic E-state index is 0.250. The van der Waals surface area contributed by atoms with E-state index < -0.39 is 0 Å². The molecule has 0 saturated heterocycles. The summed E-state index contributed by atoms with van der Waals surface area (Å²) >= 11 is 5.96. The van der Waals surface area contributed by atoms with Gasteiger partial charge in [-0.3, -0.25) is 0 Å². The third kappa shape index (κ3) is 4.90. The maximum absolute atomic E-state index is 7.57. The van der Waals surface area contributed by atoms with Crippen LogP contribution in [0.1, 0.15) is 18.5 Å². The van der Waals surface area contributed by atoms with E-state index in [0.717, 1.165) is 6.42 Å². The Balaban J connectivity index is 0.000000492. The van der Waals surface area contributed by atoms with Crippen LogP contribution in [0.2, 0.25) is 0 Å². The summed E-state index contributed by atoms with van der Waals surface area (Å²) in [4.78, 5) is 4.04. The van der Waals surface area contributed by atoms with Crippen molar-refractivity contribution in [1.82, 2.24) is 9.55 Å². The van der Waals surface area contributed by atoms with Crippen LogP contribution < -0.4 is 0 Å². The Morgan fingerprint density at radius 1 is 1.33 bits per heavy atom. The molecule has 0 aliphatic heterocycles. The van der Waals surface area contributed by atoms with E-state index in [4.69, 9.17) is 16.7 Å². The highest BCUT2D eigenvalue weighted by Gasteiger charge is 2.09. The first-order chi connectivity index (χ1) is 8.81. The number of halogens is 1. The fraction of sp³-hybridized carbons (Fsp3) is 0.357. The smallest absolute Gasteiger partial charge is 0.0949 e. The van der Waals surface area contributed by atoms with Gasteiger partial charge in [0.2, 0.25) is 0 Å². The number of aliphatic hydroxyl groups excluding tert-OH is 1. The molecule has 0 aliphatic carbocycles. The highest BCUT2D eigenvalue weighted by molar-refractivity contribution is 6.18. The van der Waals surface area contributed by atoms with Gasteiger partial charge in [0.15, 0.2) is 0 Å². The summed E-state index contributed by atoms with van der Waals surface area (Å²) in [5.41, 5.74) is 1.30. The van der Waals surface area contributed by atoms with E-state index in [2.05, 4.69) is 33.8 Å². The first-order valence-corrected chi connectivity index (χ1v) is 6.53. The van der Waals surface area contributed by atoms with Gasteiger partial charge in [0.25, 0.3) is 0 Å². The summed E-state index contributed by atoms with van der Waals surface area (Å²) in [5.74, 6) is 0.602. The van der Waals surface area contributed by atoms with Gasteiger partial charge in [-0.15, -0.1) is 11.6 Å². The molecule has 1 aromatic carbocycles. The molecule has 98 valence electrons. The summed E-state index contributed by atoms with van der Waals surface area (Å²) in [7, 11) is 0. The molecule has 1 heterocycles. The van der Waals surface area contributed by atoms with Gasteiger partial charge in [-0.2, -0.15) is 0 Å². The Morgan fingerprint density at radius 3 is 2.50 bits per heavy atom. The number of nitrogens with zero attached hydrogens (tertiary/aromatic N) is 2. The van der Waals surface area contributed by atoms with Gasteiger partial charge < -0.3 is 9.67 Å². The summed E-state index contributed by atoms with van der Waals surface area (Å²) in [5, 5.41) is 7.57. The Bertz CT molecular complexity index is 403. The van der Waals surface area contributed by atoms with E-state index in [-0.39, 0.29) is 12.6 Å². The van der Waals surface area contributed by atoms with E-state index in [1.54, 1.807) is 13.1 Å². The number of alkyl halides is 1. The van der Waals surface area contributed by atoms with Crippen molar-refractivity contribution in [3.05, 3.63) is 54.6 Å². The van der Waals surface area contributed by atoms with Gasteiger partial charge in [-0.05, 0) is 18.9 Å². The van der Waals surface area contributed by atoms with Crippen molar-refractivity contribution in [2.75, 3.05) is 12.5 Å². The monoisotopic (exact) mass is 266 g/mol. The van der Waals surface area contributed by atoms with Crippen LogP contribution in [0.15, 0.2) is 49.1 Å². The van der Waals surface area contributed by atoms with Crippen LogP contribution in [0.4, 0.5) is 0 Å². The fourth-order valence-electron chi connectivity index (χ4n) is 1.61. The fourth-order valence-corrected chi connectivity index (χ4v) is 1.88. The molecule has 1 unspecified atom stereocenters. The van der Waals surface area contributed by atoms with Crippen molar-refractivity contribution >= 4 is 11.6 Å². The lowest BCUT2D eigenvalue weighted by Gasteiger charge is -2.15. The summed E-state index contributed by atoms with van der Waals surface area (Å²) in [6, 6.07) is 10.7. The van der Waals surface area contributed by atoms with E-state index in [0.29, 0.717) is 5.88 Å². The molecule has 0 fully saturated rings. The molecule has 4 heteroatoms. The molecule has 1 atom stereocenters. The molecule has 0 spiro atoms. The van der Waals surface area contributed by atoms with Gasteiger partial charge in [0.1, 0.15) is 0 Å². The highest BCUT2D eigenvalue weighted by Crippen LogP contribution is 2.15. The SMILES string of the molecule is CCO.ClCC(Cc1ccccc1)n1ccnc1. The number of hydrogen-bond acceptors (Lipinski definition) is 2. The Hall–Kier alpha value is -1.32. The van der Waals surface area contributed by atoms with Gasteiger partial charge in [-0.25, -0.2) is 4.98 Å². The van der Waals surface area contributed by atoms with E-state index in [9.17, 15) is 0 Å². The van der Waals surface area contributed by atoms with Crippen LogP contribution in [-0.4, -0.2) is 27.1 Å². The standard InChI is InChI=1S/C12H13ClN2.C2H6O/c13-9-12(15-7-6-14-10-15)8-11-4-2-1-3-5-11;1-2-3/h1-7,10,12H,8-9H2;3H,2H2,1H3. The molecule has 2 aromatic rings. The average molecular weight is 267 g/mol. The molecular formula is C14H19ClN2O. The van der Waals surface area contributed by atoms with Crippen LogP contribution in [0, 0.1) is 0 Å². The van der Waals surface area contributed by atoms with E-state index >= 15 is 0 Å². The topological polar surface area (TPSA) is 38.0 Å². The lowest BCUT2D eigenvalue weighted by molar-refractivity contribution is 0.318. The van der Waals surface area contributed by atoms with Gasteiger partial charge in [0, 0.05) is 24.9 Å². The summed E-state index contributed by atoms with van der Waals surface area (Å²) < 4.78 is 2.06. The van der Waals surface area contributed by atoms with Crippen LogP contribution in [0.5, 0.6) is 0 Å². The van der Waals surface area contributed by atoms with Crippen molar-refractivity contribution < 1.29 is 5.11 Å². The Morgan fingerprint density at radius 2 is 2.00 bits per heavy atom. The molecule has 0 aliphatic rings. The van der Waals surface area contributed by atoms with Crippen LogP contribution in [0.25, 0.3) is 0 Å². The quantitative estimate of drug-likeness (QED) is 0.864. The van der Waals surface area contributed by atoms with Crippen molar-refractivity contribution in [3.63, 3.8) is 0 Å². The minimum absolute atomic E-state index is 0.250. The van der Waals surface area contributed by atoms with Crippen molar-refractivity contribution in [2.24, 2.45) is 0 Å². The summed E-state index contributed by atoms with van der Waals surface area (Å²) in [6.07, 6.45) is 6.50. The van der Waals surface area contributed by atoms with Crippen molar-refractivity contribution in [3.8, 4) is 0 Å². The number of rotatable bonds is 4. The first-order valence-electron chi connectivity index (χ1n) is 6.00. The highest BCUT2D eigenvalue weighted by atomic mass is 35.5. The molecule has 1 N–H and O–H groups in total. The molecule has 0 radical (unpaired) electrons. The summed E-state index contributed by atoms with van der Waals surface area (Å²) in [6.45, 7) is 1.93. The second-order valence-corrected chi connectivity index (χ2v) is 4.13. The third-order valence-corrected chi connectivity index (χ3v) is 2.80. The zero-order valence-electron chi connectivity index (χ0n) is 10.5. The number of hydrogen-bond donors (Lipinski definition) is 1. The molecule has 0 amide bonds. The predicted molar refractivity (Wildman–Crippen MR) is 74.9 cm³/mol. The maximum atomic E-state index is 7.57. The molecule has 2 rings (SSSR count). The van der Waals surface area contributed by atoms with Gasteiger partial charge in [-0.1, -0.05) is 30.3 Å². The van der Waals surface area contributed by atoms with Gasteiger partial charge in [0.05, 0.1) is 12.4 Å². The maximum Gasteiger partial charge on any atom is 0.0949 e. The average Bonchev–Trinajstić information content (AvgIpc) is 2.92. The molecule has 18 heavy (non-hydrogen) atoms. The minimum Gasteiger partial charge on any atom is -0.397 e. The van der Waals surface area contributed by atoms with Crippen molar-refractivity contribution in [2.45, 2.75) is 19.4 Å². The Kier molecular flexibility index (Phi) is 7.14. The molecular weight excluding hydrogens is 248 g/mol. The third-order valence-electron chi connectivity index (χ3n) is 2.44. The molecule has 0 saturated carbocycles. The number of benzene rings is 1. The second kappa shape index (κ2) is 8.72. The van der Waals surface area contributed by atoms with Crippen molar-refractivity contribution in [1.29, 1.82) is 0 Å². The lowest BCUT2D eigenvalue weighted by atomic mass is 10.1. The molecule has 1 aromatic heterocycles. The zero-order chi connectivity index (χ0) is 13.2. The van der Waals surface area contributed by atoms with E-state index in [1.807, 2.05) is 18.6 Å². The Labute approximate surface area is 113 Å². The predicted octanol–water partition coefficient (Wildman–Crippen LogP) is 2.90. The number of aliphatic hydroxyl groups is 1. The second-order valence-electron chi connectivity index (χ2n) is 3.82. The zero-order valence-corrected chi connectivity index (χ0v) is 11.3. The molecule has 3 nitrogen and oxygen atoms in total. The van der Waals surface area contributed by atoms with Crippen LogP contribution >= 0.6 is 11.6 Å². The number of imidazole rings is 1. The normalized spacial score (nSPS) is 11.5. The first kappa shape index (κ1) is 14.7. The van der Waals surface area contributed by atoms with E-state index in [1.165, 1.54) is 5.56 Å². The molecule has 0 bridgehead atoms. The lowest BCUT2D eigenvalue weighted by Crippen LogP contribution is -2.11. The van der Waals surface area contributed by atoms with Crippen LogP contribution in [-0.2, 0) is 6.42 Å².